The maximum atomic E-state index is 13.0. The average molecular weight is 534 g/mol. The molecule has 1 amide bonds. The van der Waals surface area contributed by atoms with Crippen molar-refractivity contribution in [2.24, 2.45) is 11.8 Å². The minimum absolute atomic E-state index is 0.0905. The zero-order chi connectivity index (χ0) is 27.0. The molecule has 0 radical (unpaired) electrons. The molecule has 1 aliphatic carbocycles. The fraction of sp³-hybridized carbons (Fsp3) is 0.593. The van der Waals surface area contributed by atoms with Crippen LogP contribution in [0.2, 0.25) is 5.02 Å². The van der Waals surface area contributed by atoms with Crippen molar-refractivity contribution in [1.29, 1.82) is 0 Å². The molecule has 2 aromatic rings. The second kappa shape index (κ2) is 10.6. The van der Waals surface area contributed by atoms with Crippen molar-refractivity contribution in [1.82, 2.24) is 14.7 Å². The molecular formula is C27H36ClN3O6. The highest BCUT2D eigenvalue weighted by molar-refractivity contribution is 6.32. The summed E-state index contributed by atoms with van der Waals surface area (Å²) in [5.74, 6) is 0.682. The molecular weight excluding hydrogens is 498 g/mol. The van der Waals surface area contributed by atoms with Crippen LogP contribution in [0.3, 0.4) is 0 Å². The van der Waals surface area contributed by atoms with Crippen molar-refractivity contribution in [3.63, 3.8) is 0 Å². The highest BCUT2D eigenvalue weighted by Crippen LogP contribution is 2.40. The number of ether oxygens (including phenoxy) is 3. The minimum Gasteiger partial charge on any atom is -0.489 e. The zero-order valence-electron chi connectivity index (χ0n) is 22.1. The van der Waals surface area contributed by atoms with Gasteiger partial charge >= 0.3 is 12.0 Å². The standard InChI is InChI=1S/C27H36ClN3O6/c1-26(2,3)37-24(32)21-9-10-31(29-21)25(33)30-13-18-11-20(12-19(18)14-30)35-15-17-7-6-8-22(23(17)28)36-16-27(4,5)34/h6-10,18-20,34H,11-16H2,1-5H3. The summed E-state index contributed by atoms with van der Waals surface area (Å²) in [5, 5.41) is 14.5. The second-order valence-corrected chi connectivity index (χ2v) is 12.0. The van der Waals surface area contributed by atoms with E-state index in [2.05, 4.69) is 5.10 Å². The molecule has 202 valence electrons. The lowest BCUT2D eigenvalue weighted by Gasteiger charge is -2.20. The van der Waals surface area contributed by atoms with Crippen LogP contribution in [-0.4, -0.2) is 68.8 Å². The van der Waals surface area contributed by atoms with Gasteiger partial charge < -0.3 is 24.2 Å². The Hall–Kier alpha value is -2.62. The highest BCUT2D eigenvalue weighted by Gasteiger charge is 2.43. The molecule has 1 aliphatic heterocycles. The largest absolute Gasteiger partial charge is 0.489 e. The molecule has 1 saturated carbocycles. The number of aliphatic hydroxyl groups is 1. The number of likely N-dealkylation sites (tertiary alicyclic amines) is 1. The van der Waals surface area contributed by atoms with Gasteiger partial charge in [-0.3, -0.25) is 0 Å². The number of halogens is 1. The van der Waals surface area contributed by atoms with Crippen molar-refractivity contribution < 1.29 is 28.9 Å². The van der Waals surface area contributed by atoms with E-state index in [1.807, 2.05) is 12.1 Å². The van der Waals surface area contributed by atoms with Gasteiger partial charge in [0.2, 0.25) is 0 Å². The van der Waals surface area contributed by atoms with Crippen LogP contribution in [0.5, 0.6) is 5.75 Å². The van der Waals surface area contributed by atoms with E-state index in [0.29, 0.717) is 42.3 Å². The monoisotopic (exact) mass is 533 g/mol. The summed E-state index contributed by atoms with van der Waals surface area (Å²) in [5.41, 5.74) is -0.632. The summed E-state index contributed by atoms with van der Waals surface area (Å²) < 4.78 is 18.4. The molecule has 0 spiro atoms. The summed E-state index contributed by atoms with van der Waals surface area (Å²) in [7, 11) is 0. The van der Waals surface area contributed by atoms with Crippen LogP contribution in [0.25, 0.3) is 0 Å². The molecule has 1 saturated heterocycles. The van der Waals surface area contributed by atoms with Crippen molar-refractivity contribution >= 4 is 23.6 Å². The van der Waals surface area contributed by atoms with Crippen LogP contribution in [0, 0.1) is 11.8 Å². The lowest BCUT2D eigenvalue weighted by molar-refractivity contribution is 0.00620. The molecule has 2 unspecified atom stereocenters. The molecule has 0 bridgehead atoms. The number of hydrogen-bond donors (Lipinski definition) is 1. The Kier molecular flexibility index (Phi) is 7.88. The third kappa shape index (κ3) is 7.03. The van der Waals surface area contributed by atoms with E-state index in [4.69, 9.17) is 25.8 Å². The maximum Gasteiger partial charge on any atom is 0.359 e. The van der Waals surface area contributed by atoms with Gasteiger partial charge in [0.15, 0.2) is 5.69 Å². The Morgan fingerprint density at radius 1 is 1.11 bits per heavy atom. The fourth-order valence-corrected chi connectivity index (χ4v) is 5.03. The number of nitrogens with zero attached hydrogens (tertiary/aromatic N) is 3. The second-order valence-electron chi connectivity index (χ2n) is 11.6. The van der Waals surface area contributed by atoms with Crippen LogP contribution >= 0.6 is 11.6 Å². The van der Waals surface area contributed by atoms with E-state index in [-0.39, 0.29) is 24.4 Å². The molecule has 2 heterocycles. The van der Waals surface area contributed by atoms with Crippen molar-refractivity contribution in [2.75, 3.05) is 19.7 Å². The molecule has 1 aromatic carbocycles. The Balaban J connectivity index is 1.27. The first-order chi connectivity index (χ1) is 17.3. The first-order valence-electron chi connectivity index (χ1n) is 12.6. The van der Waals surface area contributed by atoms with Crippen LogP contribution in [-0.2, 0) is 16.1 Å². The van der Waals surface area contributed by atoms with Gasteiger partial charge in [0, 0.05) is 24.8 Å². The zero-order valence-corrected chi connectivity index (χ0v) is 22.8. The molecule has 4 rings (SSSR count). The van der Waals surface area contributed by atoms with Crippen molar-refractivity contribution in [3.8, 4) is 5.75 Å². The number of rotatable bonds is 7. The number of amides is 1. The highest BCUT2D eigenvalue weighted by atomic mass is 35.5. The molecule has 2 atom stereocenters. The number of esters is 1. The topological polar surface area (TPSA) is 103 Å². The maximum absolute atomic E-state index is 13.0. The SMILES string of the molecule is CC(C)(O)COc1cccc(COC2CC3CN(C(=O)n4ccc(C(=O)OC(C)(C)C)n4)CC3C2)c1Cl. The fourth-order valence-electron chi connectivity index (χ4n) is 4.79. The average Bonchev–Trinajstić information content (AvgIpc) is 3.50. The molecule has 10 heteroatoms. The number of carbonyl (C=O) groups excluding carboxylic acids is 2. The molecule has 2 fully saturated rings. The predicted octanol–water partition coefficient (Wildman–Crippen LogP) is 4.54. The van der Waals surface area contributed by atoms with Gasteiger partial charge in [-0.25, -0.2) is 9.59 Å². The predicted molar refractivity (Wildman–Crippen MR) is 138 cm³/mol. The summed E-state index contributed by atoms with van der Waals surface area (Å²) >= 11 is 6.52. The number of carbonyl (C=O) groups is 2. The van der Waals surface area contributed by atoms with Crippen molar-refractivity contribution in [2.45, 2.75) is 71.4 Å². The van der Waals surface area contributed by atoms with E-state index in [1.165, 1.54) is 16.9 Å². The van der Waals surface area contributed by atoms with Gasteiger partial charge in [0.1, 0.15) is 18.0 Å². The van der Waals surface area contributed by atoms with E-state index >= 15 is 0 Å². The normalized spacial score (nSPS) is 21.7. The summed E-state index contributed by atoms with van der Waals surface area (Å²) in [6, 6.07) is 6.81. The minimum atomic E-state index is -0.954. The van der Waals surface area contributed by atoms with Gasteiger partial charge in [0.05, 0.1) is 23.3 Å². The third-order valence-corrected chi connectivity index (χ3v) is 6.90. The summed E-state index contributed by atoms with van der Waals surface area (Å²) in [4.78, 5) is 27.0. The Labute approximate surface area is 222 Å². The summed E-state index contributed by atoms with van der Waals surface area (Å²) in [6.07, 6.45) is 3.32. The van der Waals surface area contributed by atoms with E-state index < -0.39 is 17.2 Å². The van der Waals surface area contributed by atoms with Gasteiger partial charge in [-0.2, -0.15) is 9.78 Å². The van der Waals surface area contributed by atoms with E-state index in [9.17, 15) is 14.7 Å². The van der Waals surface area contributed by atoms with Gasteiger partial charge in [-0.05, 0) is 71.4 Å². The van der Waals surface area contributed by atoms with E-state index in [0.717, 1.165) is 18.4 Å². The number of benzene rings is 1. The molecule has 9 nitrogen and oxygen atoms in total. The first-order valence-corrected chi connectivity index (χ1v) is 13.0. The molecule has 1 N–H and O–H groups in total. The Morgan fingerprint density at radius 3 is 2.41 bits per heavy atom. The number of aromatic nitrogens is 2. The first kappa shape index (κ1) is 27.4. The van der Waals surface area contributed by atoms with Crippen LogP contribution in [0.1, 0.15) is 63.5 Å². The third-order valence-electron chi connectivity index (χ3n) is 6.47. The lowest BCUT2D eigenvalue weighted by Crippen LogP contribution is -2.34. The Bertz CT molecular complexity index is 1120. The van der Waals surface area contributed by atoms with Crippen LogP contribution in [0.15, 0.2) is 30.5 Å². The van der Waals surface area contributed by atoms with Gasteiger partial charge in [-0.15, -0.1) is 0 Å². The lowest BCUT2D eigenvalue weighted by atomic mass is 10.0. The van der Waals surface area contributed by atoms with Crippen molar-refractivity contribution in [3.05, 3.63) is 46.7 Å². The summed E-state index contributed by atoms with van der Waals surface area (Å²) in [6.45, 7) is 10.5. The molecule has 2 aliphatic rings. The number of fused-ring (bicyclic) bond motifs is 1. The Morgan fingerprint density at radius 2 is 1.78 bits per heavy atom. The van der Waals surface area contributed by atoms with E-state index in [1.54, 1.807) is 45.6 Å². The quantitative estimate of drug-likeness (QED) is 0.521. The van der Waals surface area contributed by atoms with Gasteiger partial charge in [0.25, 0.3) is 0 Å². The molecule has 37 heavy (non-hydrogen) atoms. The van der Waals surface area contributed by atoms with Crippen LogP contribution in [0.4, 0.5) is 4.79 Å². The molecule has 1 aromatic heterocycles. The van der Waals surface area contributed by atoms with Crippen LogP contribution < -0.4 is 4.74 Å². The van der Waals surface area contributed by atoms with Gasteiger partial charge in [-0.1, -0.05) is 23.7 Å². The smallest absolute Gasteiger partial charge is 0.359 e. The number of hydrogen-bond acceptors (Lipinski definition) is 7.